The van der Waals surface area contributed by atoms with E-state index >= 15 is 0 Å². The Morgan fingerprint density at radius 3 is 2.34 bits per heavy atom. The minimum Gasteiger partial charge on any atom is -0.343 e. The Morgan fingerprint density at radius 2 is 1.71 bits per heavy atom. The summed E-state index contributed by atoms with van der Waals surface area (Å²) >= 11 is 0. The monoisotopic (exact) mass is 496 g/mol. The van der Waals surface area contributed by atoms with Gasteiger partial charge in [-0.1, -0.05) is 19.3 Å². The molecule has 4 rings (SSSR count). The molecule has 2 aromatic carbocycles. The molecule has 1 aliphatic carbocycles. The molecule has 11 heteroatoms. The highest BCUT2D eigenvalue weighted by molar-refractivity contribution is 7.89. The molecule has 0 atom stereocenters. The molecule has 0 spiro atoms. The second-order valence-corrected chi connectivity index (χ2v) is 10.5. The predicted octanol–water partition coefficient (Wildman–Crippen LogP) is 2.59. The van der Waals surface area contributed by atoms with Crippen molar-refractivity contribution >= 4 is 27.5 Å². The van der Waals surface area contributed by atoms with E-state index in [0.717, 1.165) is 37.8 Å². The predicted molar refractivity (Wildman–Crippen MR) is 131 cm³/mol. The summed E-state index contributed by atoms with van der Waals surface area (Å²) in [5.41, 5.74) is 1.64. The number of hydrogen-bond donors (Lipinski definition) is 2. The van der Waals surface area contributed by atoms with E-state index in [9.17, 15) is 18.0 Å². The zero-order valence-electron chi connectivity index (χ0n) is 19.4. The molecule has 1 fully saturated rings. The molecule has 1 heterocycles. The normalized spacial score (nSPS) is 14.6. The zero-order valence-corrected chi connectivity index (χ0v) is 20.2. The Hall–Kier alpha value is -3.57. The molecule has 2 N–H and O–H groups in total. The fourth-order valence-electron chi connectivity index (χ4n) is 4.09. The van der Waals surface area contributed by atoms with Gasteiger partial charge in [-0.25, -0.2) is 18.1 Å². The van der Waals surface area contributed by atoms with Crippen LogP contribution in [0.3, 0.4) is 0 Å². The van der Waals surface area contributed by atoms with Gasteiger partial charge in [0.2, 0.25) is 15.9 Å². The van der Waals surface area contributed by atoms with E-state index in [2.05, 4.69) is 20.7 Å². The van der Waals surface area contributed by atoms with Crippen molar-refractivity contribution in [3.63, 3.8) is 0 Å². The Kier molecular flexibility index (Phi) is 7.57. The highest BCUT2D eigenvalue weighted by atomic mass is 32.2. The van der Waals surface area contributed by atoms with Crippen molar-refractivity contribution < 1.29 is 18.0 Å². The molecule has 10 nitrogen and oxygen atoms in total. The van der Waals surface area contributed by atoms with Crippen LogP contribution < -0.4 is 10.6 Å². The highest BCUT2D eigenvalue weighted by Crippen LogP contribution is 2.26. The summed E-state index contributed by atoms with van der Waals surface area (Å²) in [6.07, 6.45) is 7.94. The van der Waals surface area contributed by atoms with Crippen molar-refractivity contribution in [1.29, 1.82) is 0 Å². The Labute approximate surface area is 204 Å². The first-order valence-electron chi connectivity index (χ1n) is 11.5. The van der Waals surface area contributed by atoms with Gasteiger partial charge in [-0.2, -0.15) is 9.40 Å². The van der Waals surface area contributed by atoms with Crippen LogP contribution in [-0.4, -0.2) is 58.9 Å². The Bertz CT molecular complexity index is 1250. The maximum absolute atomic E-state index is 13.0. The van der Waals surface area contributed by atoms with Gasteiger partial charge in [0.25, 0.3) is 5.91 Å². The zero-order chi connectivity index (χ0) is 24.8. The maximum Gasteiger partial charge on any atom is 0.251 e. The van der Waals surface area contributed by atoms with Crippen molar-refractivity contribution in [2.45, 2.75) is 43.0 Å². The largest absolute Gasteiger partial charge is 0.343 e. The lowest BCUT2D eigenvalue weighted by molar-refractivity contribution is -0.115. The second-order valence-electron chi connectivity index (χ2n) is 8.46. The third-order valence-electron chi connectivity index (χ3n) is 6.13. The van der Waals surface area contributed by atoms with Gasteiger partial charge in [-0.05, 0) is 61.4 Å². The summed E-state index contributed by atoms with van der Waals surface area (Å²) in [5.74, 6) is -0.855. The van der Waals surface area contributed by atoms with Gasteiger partial charge in [-0.15, -0.1) is 0 Å². The number of amides is 2. The van der Waals surface area contributed by atoms with Gasteiger partial charge in [0, 0.05) is 24.3 Å². The molecule has 0 radical (unpaired) electrons. The second kappa shape index (κ2) is 10.8. The van der Waals surface area contributed by atoms with Crippen LogP contribution >= 0.6 is 0 Å². The van der Waals surface area contributed by atoms with Crippen molar-refractivity contribution in [1.82, 2.24) is 24.4 Å². The van der Waals surface area contributed by atoms with E-state index < -0.39 is 15.9 Å². The molecule has 0 aliphatic heterocycles. The minimum atomic E-state index is -3.63. The molecular weight excluding hydrogens is 468 g/mol. The van der Waals surface area contributed by atoms with E-state index in [1.165, 1.54) is 34.9 Å². The average molecular weight is 497 g/mol. The summed E-state index contributed by atoms with van der Waals surface area (Å²) in [4.78, 5) is 28.7. The SMILES string of the molecule is CN(C1CCCCC1)S(=O)(=O)c1ccc(C(=O)NCC(=O)Nc2ccc(-n3cncn3)cc2)cc1. The standard InChI is InChI=1S/C24H28N6O4S/c1-29(20-5-3-2-4-6-20)35(33,34)22-13-7-18(8-14-22)24(32)26-15-23(31)28-19-9-11-21(12-10-19)30-17-25-16-27-30/h7-14,16-17,20H,2-6,15H2,1H3,(H,26,32)(H,28,31). The fourth-order valence-corrected chi connectivity index (χ4v) is 5.51. The van der Waals surface area contributed by atoms with Crippen LogP contribution in [-0.2, 0) is 14.8 Å². The Balaban J connectivity index is 1.30. The quantitative estimate of drug-likeness (QED) is 0.494. The van der Waals surface area contributed by atoms with Crippen molar-refractivity contribution in [2.75, 3.05) is 18.9 Å². The maximum atomic E-state index is 13.0. The van der Waals surface area contributed by atoms with E-state index in [4.69, 9.17) is 0 Å². The minimum absolute atomic E-state index is 0.00834. The summed E-state index contributed by atoms with van der Waals surface area (Å²) in [5, 5.41) is 9.30. The first-order chi connectivity index (χ1) is 16.8. The summed E-state index contributed by atoms with van der Waals surface area (Å²) in [7, 11) is -2.01. The van der Waals surface area contributed by atoms with Gasteiger partial charge < -0.3 is 10.6 Å². The summed E-state index contributed by atoms with van der Waals surface area (Å²) in [6, 6.07) is 12.8. The average Bonchev–Trinajstić information content (AvgIpc) is 3.43. The van der Waals surface area contributed by atoms with Gasteiger partial charge in [0.1, 0.15) is 12.7 Å². The van der Waals surface area contributed by atoms with Crippen molar-refractivity contribution in [2.24, 2.45) is 0 Å². The number of carbonyl (C=O) groups excluding carboxylic acids is 2. The van der Waals surface area contributed by atoms with Gasteiger partial charge in [0.05, 0.1) is 17.1 Å². The van der Waals surface area contributed by atoms with E-state index in [1.807, 2.05) is 0 Å². The molecule has 1 aliphatic rings. The smallest absolute Gasteiger partial charge is 0.251 e. The number of anilines is 1. The third kappa shape index (κ3) is 5.92. The molecule has 184 valence electrons. The van der Waals surface area contributed by atoms with Crippen LogP contribution in [0.5, 0.6) is 0 Å². The number of rotatable bonds is 8. The highest BCUT2D eigenvalue weighted by Gasteiger charge is 2.29. The molecular formula is C24H28N6O4S. The molecule has 0 unspecified atom stereocenters. The lowest BCUT2D eigenvalue weighted by atomic mass is 9.96. The number of aromatic nitrogens is 3. The van der Waals surface area contributed by atoms with Crippen molar-refractivity contribution in [3.8, 4) is 5.69 Å². The molecule has 3 aromatic rings. The number of benzene rings is 2. The van der Waals surface area contributed by atoms with E-state index in [-0.39, 0.29) is 29.0 Å². The van der Waals surface area contributed by atoms with E-state index in [0.29, 0.717) is 5.69 Å². The Morgan fingerprint density at radius 1 is 1.03 bits per heavy atom. The fraction of sp³-hybridized carbons (Fsp3) is 0.333. The number of hydrogen-bond acceptors (Lipinski definition) is 6. The topological polar surface area (TPSA) is 126 Å². The molecule has 35 heavy (non-hydrogen) atoms. The summed E-state index contributed by atoms with van der Waals surface area (Å²) < 4.78 is 28.9. The van der Waals surface area contributed by atoms with Crippen LogP contribution in [0.15, 0.2) is 66.1 Å². The summed E-state index contributed by atoms with van der Waals surface area (Å²) in [6.45, 7) is -0.228. The molecule has 0 bridgehead atoms. The van der Waals surface area contributed by atoms with Gasteiger partial charge in [-0.3, -0.25) is 9.59 Å². The van der Waals surface area contributed by atoms with Crippen LogP contribution in [0.25, 0.3) is 5.69 Å². The van der Waals surface area contributed by atoms with E-state index in [1.54, 1.807) is 42.3 Å². The van der Waals surface area contributed by atoms with Crippen LogP contribution in [0.2, 0.25) is 0 Å². The van der Waals surface area contributed by atoms with Crippen LogP contribution in [0.4, 0.5) is 5.69 Å². The lowest BCUT2D eigenvalue weighted by Gasteiger charge is -2.30. The molecule has 2 amide bonds. The first kappa shape index (κ1) is 24.6. The number of nitrogens with one attached hydrogen (secondary N) is 2. The molecule has 1 saturated carbocycles. The van der Waals surface area contributed by atoms with Gasteiger partial charge >= 0.3 is 0 Å². The number of sulfonamides is 1. The van der Waals surface area contributed by atoms with Crippen LogP contribution in [0.1, 0.15) is 42.5 Å². The molecule has 1 aromatic heterocycles. The molecule has 0 saturated heterocycles. The number of nitrogens with zero attached hydrogens (tertiary/aromatic N) is 4. The van der Waals surface area contributed by atoms with Crippen molar-refractivity contribution in [3.05, 3.63) is 66.7 Å². The number of carbonyl (C=O) groups is 2. The van der Waals surface area contributed by atoms with Gasteiger partial charge in [0.15, 0.2) is 0 Å². The first-order valence-corrected chi connectivity index (χ1v) is 12.9. The third-order valence-corrected chi connectivity index (χ3v) is 8.05. The lowest BCUT2D eigenvalue weighted by Crippen LogP contribution is -2.38. The van der Waals surface area contributed by atoms with Crippen LogP contribution in [0, 0.1) is 0 Å².